The average Bonchev–Trinajstić information content (AvgIpc) is 3.07. The second-order valence-corrected chi connectivity index (χ2v) is 7.66. The smallest absolute Gasteiger partial charge is 0.359 e. The number of alkyl halides is 3. The first-order chi connectivity index (χ1) is 14.7. The van der Waals surface area contributed by atoms with E-state index in [1.54, 1.807) is 42.1 Å². The van der Waals surface area contributed by atoms with E-state index in [9.17, 15) is 18.0 Å². The zero-order chi connectivity index (χ0) is 22.2. The summed E-state index contributed by atoms with van der Waals surface area (Å²) >= 11 is 0. The van der Waals surface area contributed by atoms with Gasteiger partial charge in [-0.15, -0.1) is 0 Å². The number of anilines is 1. The molecule has 1 aliphatic carbocycles. The molecule has 10 heteroatoms. The van der Waals surface area contributed by atoms with Crippen molar-refractivity contribution in [2.45, 2.75) is 38.4 Å². The maximum Gasteiger partial charge on any atom is 1.00 e. The Morgan fingerprint density at radius 3 is 2.55 bits per heavy atom. The predicted molar refractivity (Wildman–Crippen MR) is 118 cm³/mol. The molecule has 0 bridgehead atoms. The average molecular weight is 577 g/mol. The van der Waals surface area contributed by atoms with E-state index < -0.39 is 11.9 Å². The summed E-state index contributed by atoms with van der Waals surface area (Å²) in [6, 6.07) is 9.45. The van der Waals surface area contributed by atoms with Crippen LogP contribution in [0, 0.1) is 14.4 Å². The molecule has 2 N–H and O–H groups in total. The van der Waals surface area contributed by atoms with E-state index in [2.05, 4.69) is 20.7 Å². The Balaban J connectivity index is 0.00000193. The van der Waals surface area contributed by atoms with Crippen molar-refractivity contribution in [1.82, 2.24) is 20.1 Å². The fraction of sp³-hybridized carbons (Fsp3) is 0.304. The van der Waals surface area contributed by atoms with Gasteiger partial charge in [-0.25, -0.2) is 4.98 Å². The van der Waals surface area contributed by atoms with Gasteiger partial charge in [0.05, 0.1) is 5.52 Å². The number of nitrogens with one attached hydrogen (secondary N) is 2. The monoisotopic (exact) mass is 577 g/mol. The molecule has 0 saturated carbocycles. The van der Waals surface area contributed by atoms with E-state index in [1.165, 1.54) is 0 Å². The van der Waals surface area contributed by atoms with E-state index in [1.807, 2.05) is 13.0 Å². The number of hydrogen-bond acceptors (Lipinski definition) is 4. The molecule has 0 fully saturated rings. The number of pyridine rings is 1. The van der Waals surface area contributed by atoms with E-state index in [4.69, 9.17) is 0 Å². The third kappa shape index (κ3) is 6.64. The van der Waals surface area contributed by atoms with Crippen molar-refractivity contribution < 1.29 is 86.9 Å². The molecule has 4 rings (SSSR count). The number of amides is 1. The van der Waals surface area contributed by atoms with Crippen LogP contribution in [0.15, 0.2) is 48.2 Å². The topological polar surface area (TPSA) is 71.8 Å². The summed E-state index contributed by atoms with van der Waals surface area (Å²) in [5.41, 5.74) is 1.81. The summed E-state index contributed by atoms with van der Waals surface area (Å²) in [6.07, 6.45) is -0.758. The van der Waals surface area contributed by atoms with Crippen LogP contribution in [-0.2, 0) is 13.2 Å². The number of para-hydroxylation sites is 1. The number of fused-ring (bicyclic) bond motifs is 1. The van der Waals surface area contributed by atoms with Crippen LogP contribution in [0.4, 0.5) is 18.9 Å². The zero-order valence-corrected chi connectivity index (χ0v) is 25.4. The molecule has 3 aromatic rings. The third-order valence-corrected chi connectivity index (χ3v) is 5.39. The summed E-state index contributed by atoms with van der Waals surface area (Å²) in [6.45, 7) is 1.87. The molecule has 6 nitrogen and oxygen atoms in total. The van der Waals surface area contributed by atoms with Gasteiger partial charge in [0.25, 0.3) is 5.91 Å². The van der Waals surface area contributed by atoms with E-state index >= 15 is 0 Å². The molecule has 1 aliphatic rings. The number of carbonyl (C=O) groups is 1. The zero-order valence-electron chi connectivity index (χ0n) is 19.1. The minimum atomic E-state index is -4.53. The number of rotatable bonds is 4. The van der Waals surface area contributed by atoms with E-state index in [0.29, 0.717) is 36.0 Å². The number of nitrogens with zero attached hydrogens (tertiary/aromatic N) is 3. The van der Waals surface area contributed by atoms with Crippen LogP contribution in [-0.4, -0.2) is 26.7 Å². The minimum absolute atomic E-state index is 0. The van der Waals surface area contributed by atoms with Gasteiger partial charge in [0.15, 0.2) is 0 Å². The fourth-order valence-corrected chi connectivity index (χ4v) is 3.61. The number of aromatic nitrogens is 3. The molecule has 0 spiro atoms. The number of benzene rings is 1. The Bertz CT molecular complexity index is 1150. The summed E-state index contributed by atoms with van der Waals surface area (Å²) in [7, 11) is 1.78. The largest absolute Gasteiger partial charge is 1.00 e. The van der Waals surface area contributed by atoms with Gasteiger partial charge < -0.3 is 18.1 Å². The maximum atomic E-state index is 13.3. The number of halogens is 3. The van der Waals surface area contributed by atoms with Crippen molar-refractivity contribution in [3.63, 3.8) is 0 Å². The van der Waals surface area contributed by atoms with E-state index in [-0.39, 0.29) is 93.8 Å². The molecule has 0 saturated heterocycles. The molecule has 170 valence electrons. The summed E-state index contributed by atoms with van der Waals surface area (Å²) in [5, 5.41) is 10.9. The van der Waals surface area contributed by atoms with Gasteiger partial charge in [0.1, 0.15) is 11.4 Å². The molecule has 1 atom stereocenters. The molecule has 1 unspecified atom stereocenters. The van der Waals surface area contributed by atoms with Crippen LogP contribution in [0.3, 0.4) is 0 Å². The van der Waals surface area contributed by atoms with E-state index in [0.717, 1.165) is 17.5 Å². The summed E-state index contributed by atoms with van der Waals surface area (Å²) < 4.78 is 41.4. The molecule has 0 aliphatic heterocycles. The standard InChI is InChI=1S/C22H22F3N5O.CH3.Cs/c1-13-11-19(29-30(13)2)21(31)27-15-9-7-14(8-10-15)26-18-12-20(22(23,24)25)28-17-6-4-3-5-16(17)18;;/h3-7,11-12,15H,8-10H2,1-2H3,(H,26,28)(H,27,31);1H3;/q;-1;+1. The molecule has 0 radical (unpaired) electrons. The Morgan fingerprint density at radius 2 is 1.94 bits per heavy atom. The first kappa shape index (κ1) is 27.9. The van der Waals surface area contributed by atoms with Crippen molar-refractivity contribution in [2.75, 3.05) is 5.32 Å². The van der Waals surface area contributed by atoms with Crippen molar-refractivity contribution >= 4 is 22.5 Å². The van der Waals surface area contributed by atoms with Crippen LogP contribution in [0.1, 0.15) is 41.1 Å². The Kier molecular flexibility index (Phi) is 9.66. The van der Waals surface area contributed by atoms with Crippen LogP contribution >= 0.6 is 0 Å². The number of carbonyl (C=O) groups excluding carboxylic acids is 1. The van der Waals surface area contributed by atoms with Gasteiger partial charge in [0.2, 0.25) is 0 Å². The second kappa shape index (κ2) is 11.4. The molecule has 1 amide bonds. The molecular weight excluding hydrogens is 552 g/mol. The van der Waals surface area contributed by atoms with Crippen LogP contribution < -0.4 is 79.5 Å². The molecule has 33 heavy (non-hydrogen) atoms. The van der Waals surface area contributed by atoms with Crippen LogP contribution in [0.25, 0.3) is 10.9 Å². The van der Waals surface area contributed by atoms with Gasteiger partial charge in [-0.3, -0.25) is 9.48 Å². The van der Waals surface area contributed by atoms with Crippen molar-refractivity contribution in [1.29, 1.82) is 0 Å². The Labute approximate surface area is 249 Å². The first-order valence-electron chi connectivity index (χ1n) is 9.95. The van der Waals surface area contributed by atoms with Crippen molar-refractivity contribution in [3.05, 3.63) is 72.7 Å². The summed E-state index contributed by atoms with van der Waals surface area (Å²) in [4.78, 5) is 16.1. The van der Waals surface area contributed by atoms with Crippen LogP contribution in [0.2, 0.25) is 0 Å². The van der Waals surface area contributed by atoms with Crippen LogP contribution in [0.5, 0.6) is 0 Å². The first-order valence-corrected chi connectivity index (χ1v) is 9.95. The van der Waals surface area contributed by atoms with Gasteiger partial charge in [-0.05, 0) is 44.4 Å². The van der Waals surface area contributed by atoms with Gasteiger partial charge in [-0.2, -0.15) is 18.3 Å². The van der Waals surface area contributed by atoms with Crippen molar-refractivity contribution in [2.24, 2.45) is 7.05 Å². The number of aryl methyl sites for hydroxylation is 2. The summed E-state index contributed by atoms with van der Waals surface area (Å²) in [5.74, 6) is -0.228. The molecule has 2 aromatic heterocycles. The molecular formula is C23H25CsF3N5O. The Morgan fingerprint density at radius 1 is 1.21 bits per heavy atom. The Hall–Kier alpha value is -1.31. The SMILES string of the molecule is Cc1cc(C(=O)NC2CC=C(Nc3cc(C(F)(F)F)nc4ccccc34)CC2)nn1C.[CH3-].[Cs+]. The minimum Gasteiger partial charge on any atom is -0.359 e. The number of allylic oxidation sites excluding steroid dienone is 1. The normalized spacial score (nSPS) is 15.8. The van der Waals surface area contributed by atoms with Gasteiger partial charge >= 0.3 is 75.1 Å². The van der Waals surface area contributed by atoms with Gasteiger partial charge in [0, 0.05) is 35.6 Å². The van der Waals surface area contributed by atoms with Crippen molar-refractivity contribution in [3.8, 4) is 0 Å². The maximum absolute atomic E-state index is 13.3. The third-order valence-electron chi connectivity index (χ3n) is 5.39. The predicted octanol–water partition coefficient (Wildman–Crippen LogP) is 2.03. The van der Waals surface area contributed by atoms with Gasteiger partial charge in [-0.1, -0.05) is 24.3 Å². The second-order valence-electron chi connectivity index (χ2n) is 7.66. The quantitative estimate of drug-likeness (QED) is 0.466. The number of hydrogen-bond donors (Lipinski definition) is 2. The molecule has 2 heterocycles. The molecule has 1 aromatic carbocycles. The fourth-order valence-electron chi connectivity index (χ4n) is 3.61.